The van der Waals surface area contributed by atoms with Gasteiger partial charge in [-0.2, -0.15) is 0 Å². The molecule has 5 heteroatoms. The van der Waals surface area contributed by atoms with E-state index in [0.717, 1.165) is 28.4 Å². The van der Waals surface area contributed by atoms with E-state index in [1.165, 1.54) is 0 Å². The molecule has 3 N–H and O–H groups in total. The van der Waals surface area contributed by atoms with E-state index in [2.05, 4.69) is 15.3 Å². The van der Waals surface area contributed by atoms with Crippen LogP contribution in [-0.2, 0) is 0 Å². The van der Waals surface area contributed by atoms with Crippen molar-refractivity contribution >= 4 is 5.82 Å². The molecule has 2 aromatic rings. The fourth-order valence-electron chi connectivity index (χ4n) is 1.85. The van der Waals surface area contributed by atoms with Crippen LogP contribution in [0.15, 0.2) is 30.6 Å². The number of hydrogen-bond acceptors (Lipinski definition) is 5. The standard InChI is InChI=1S/C14H18N4O/c1-10-7-11(3-4-13(10)19-2)12-8-14(16-6-5-15)18-9-17-12/h3-4,7-9H,5-6,15H2,1-2H3,(H,16,17,18). The molecule has 0 amide bonds. The van der Waals surface area contributed by atoms with E-state index in [4.69, 9.17) is 10.5 Å². The van der Waals surface area contributed by atoms with E-state index >= 15 is 0 Å². The average Bonchev–Trinajstić information content (AvgIpc) is 2.45. The Morgan fingerprint density at radius 3 is 2.79 bits per heavy atom. The smallest absolute Gasteiger partial charge is 0.129 e. The number of anilines is 1. The van der Waals surface area contributed by atoms with Gasteiger partial charge in [0.1, 0.15) is 17.9 Å². The minimum absolute atomic E-state index is 0.570. The molecule has 2 rings (SSSR count). The van der Waals surface area contributed by atoms with E-state index in [9.17, 15) is 0 Å². The largest absolute Gasteiger partial charge is 0.496 e. The van der Waals surface area contributed by atoms with Crippen molar-refractivity contribution in [1.82, 2.24) is 9.97 Å². The lowest BCUT2D eigenvalue weighted by Gasteiger charge is -2.08. The molecule has 5 nitrogen and oxygen atoms in total. The predicted molar refractivity (Wildman–Crippen MR) is 76.3 cm³/mol. The van der Waals surface area contributed by atoms with E-state index in [1.54, 1.807) is 13.4 Å². The summed E-state index contributed by atoms with van der Waals surface area (Å²) in [4.78, 5) is 8.45. The highest BCUT2D eigenvalue weighted by atomic mass is 16.5. The third-order valence-corrected chi connectivity index (χ3v) is 2.81. The molecule has 0 unspecified atom stereocenters. The highest BCUT2D eigenvalue weighted by molar-refractivity contribution is 5.64. The van der Waals surface area contributed by atoms with Crippen LogP contribution < -0.4 is 15.8 Å². The van der Waals surface area contributed by atoms with Gasteiger partial charge >= 0.3 is 0 Å². The quantitative estimate of drug-likeness (QED) is 0.856. The number of nitrogens with zero attached hydrogens (tertiary/aromatic N) is 2. The number of ether oxygens (including phenoxy) is 1. The molecule has 100 valence electrons. The van der Waals surface area contributed by atoms with Crippen LogP contribution in [0.2, 0.25) is 0 Å². The number of nitrogens with two attached hydrogens (primary N) is 1. The molecule has 0 bridgehead atoms. The Morgan fingerprint density at radius 2 is 2.11 bits per heavy atom. The van der Waals surface area contributed by atoms with Gasteiger partial charge in [-0.3, -0.25) is 0 Å². The molecule has 19 heavy (non-hydrogen) atoms. The summed E-state index contributed by atoms with van der Waals surface area (Å²) in [5.41, 5.74) is 8.45. The fourth-order valence-corrected chi connectivity index (χ4v) is 1.85. The van der Waals surface area contributed by atoms with Crippen molar-refractivity contribution in [2.24, 2.45) is 5.73 Å². The number of hydrogen-bond donors (Lipinski definition) is 2. The topological polar surface area (TPSA) is 73.1 Å². The van der Waals surface area contributed by atoms with Crippen LogP contribution >= 0.6 is 0 Å². The molecule has 1 aromatic heterocycles. The Morgan fingerprint density at radius 1 is 1.26 bits per heavy atom. The van der Waals surface area contributed by atoms with E-state index in [1.807, 2.05) is 31.2 Å². The van der Waals surface area contributed by atoms with Gasteiger partial charge in [0.2, 0.25) is 0 Å². The third-order valence-electron chi connectivity index (χ3n) is 2.81. The Labute approximate surface area is 112 Å². The summed E-state index contributed by atoms with van der Waals surface area (Å²) in [6.07, 6.45) is 1.55. The van der Waals surface area contributed by atoms with Crippen LogP contribution in [0.25, 0.3) is 11.3 Å². The Hall–Kier alpha value is -2.14. The van der Waals surface area contributed by atoms with Crippen molar-refractivity contribution < 1.29 is 4.74 Å². The van der Waals surface area contributed by atoms with Crippen molar-refractivity contribution in [3.8, 4) is 17.0 Å². The summed E-state index contributed by atoms with van der Waals surface area (Å²) in [6, 6.07) is 7.89. The summed E-state index contributed by atoms with van der Waals surface area (Å²) in [5, 5.41) is 3.14. The molecule has 1 heterocycles. The van der Waals surface area contributed by atoms with Gasteiger partial charge in [0, 0.05) is 24.7 Å². The Balaban J connectivity index is 2.28. The first-order chi connectivity index (χ1) is 9.24. The molecular formula is C14H18N4O. The maximum Gasteiger partial charge on any atom is 0.129 e. The first-order valence-electron chi connectivity index (χ1n) is 6.15. The fraction of sp³-hybridized carbons (Fsp3) is 0.286. The van der Waals surface area contributed by atoms with Crippen LogP contribution in [0.1, 0.15) is 5.56 Å². The van der Waals surface area contributed by atoms with Gasteiger partial charge in [0.15, 0.2) is 0 Å². The molecule has 0 spiro atoms. The van der Waals surface area contributed by atoms with Crippen molar-refractivity contribution in [3.05, 3.63) is 36.2 Å². The highest BCUT2D eigenvalue weighted by Crippen LogP contribution is 2.25. The molecule has 0 atom stereocenters. The zero-order chi connectivity index (χ0) is 13.7. The van der Waals surface area contributed by atoms with E-state index in [0.29, 0.717) is 13.1 Å². The maximum atomic E-state index is 5.46. The SMILES string of the molecule is COc1ccc(-c2cc(NCCN)ncn2)cc1C. The lowest BCUT2D eigenvalue weighted by atomic mass is 10.1. The minimum Gasteiger partial charge on any atom is -0.496 e. The normalized spacial score (nSPS) is 10.3. The van der Waals surface area contributed by atoms with Crippen LogP contribution in [0.3, 0.4) is 0 Å². The first kappa shape index (κ1) is 13.3. The second-order valence-electron chi connectivity index (χ2n) is 4.19. The van der Waals surface area contributed by atoms with Gasteiger partial charge in [-0.1, -0.05) is 0 Å². The molecule has 0 saturated carbocycles. The summed E-state index contributed by atoms with van der Waals surface area (Å²) in [7, 11) is 1.67. The lowest BCUT2D eigenvalue weighted by Crippen LogP contribution is -2.13. The molecule has 0 aliphatic rings. The second-order valence-corrected chi connectivity index (χ2v) is 4.19. The van der Waals surface area contributed by atoms with Gasteiger partial charge in [0.05, 0.1) is 12.8 Å². The Kier molecular flexibility index (Phi) is 4.30. The number of benzene rings is 1. The predicted octanol–water partition coefficient (Wildman–Crippen LogP) is 1.83. The van der Waals surface area contributed by atoms with Gasteiger partial charge in [0.25, 0.3) is 0 Å². The monoisotopic (exact) mass is 258 g/mol. The molecular weight excluding hydrogens is 240 g/mol. The zero-order valence-electron chi connectivity index (χ0n) is 11.2. The van der Waals surface area contributed by atoms with Gasteiger partial charge < -0.3 is 15.8 Å². The van der Waals surface area contributed by atoms with Crippen LogP contribution in [0.5, 0.6) is 5.75 Å². The van der Waals surface area contributed by atoms with Crippen molar-refractivity contribution in [1.29, 1.82) is 0 Å². The Bertz CT molecular complexity index is 557. The summed E-state index contributed by atoms with van der Waals surface area (Å²) in [5.74, 6) is 1.66. The van der Waals surface area contributed by atoms with Gasteiger partial charge in [-0.25, -0.2) is 9.97 Å². The molecule has 0 aliphatic heterocycles. The third kappa shape index (κ3) is 3.20. The summed E-state index contributed by atoms with van der Waals surface area (Å²) >= 11 is 0. The molecule has 0 saturated heterocycles. The van der Waals surface area contributed by atoms with Gasteiger partial charge in [-0.15, -0.1) is 0 Å². The number of rotatable bonds is 5. The van der Waals surface area contributed by atoms with Crippen LogP contribution in [0.4, 0.5) is 5.82 Å². The lowest BCUT2D eigenvalue weighted by molar-refractivity contribution is 0.412. The van der Waals surface area contributed by atoms with Crippen LogP contribution in [-0.4, -0.2) is 30.2 Å². The van der Waals surface area contributed by atoms with Crippen molar-refractivity contribution in [2.45, 2.75) is 6.92 Å². The number of nitrogens with one attached hydrogen (secondary N) is 1. The average molecular weight is 258 g/mol. The first-order valence-corrected chi connectivity index (χ1v) is 6.15. The molecule has 1 aromatic carbocycles. The van der Waals surface area contributed by atoms with Crippen molar-refractivity contribution in [3.63, 3.8) is 0 Å². The van der Waals surface area contributed by atoms with E-state index < -0.39 is 0 Å². The molecule has 0 radical (unpaired) electrons. The number of methoxy groups -OCH3 is 1. The minimum atomic E-state index is 0.570. The molecule has 0 fully saturated rings. The van der Waals surface area contributed by atoms with Crippen LogP contribution in [0, 0.1) is 6.92 Å². The molecule has 0 aliphatic carbocycles. The maximum absolute atomic E-state index is 5.46. The number of aryl methyl sites for hydroxylation is 1. The highest BCUT2D eigenvalue weighted by Gasteiger charge is 2.05. The van der Waals surface area contributed by atoms with Gasteiger partial charge in [-0.05, 0) is 30.7 Å². The summed E-state index contributed by atoms with van der Waals surface area (Å²) in [6.45, 7) is 3.27. The number of aromatic nitrogens is 2. The second kappa shape index (κ2) is 6.15. The van der Waals surface area contributed by atoms with Crippen molar-refractivity contribution in [2.75, 3.05) is 25.5 Å². The zero-order valence-corrected chi connectivity index (χ0v) is 11.2. The summed E-state index contributed by atoms with van der Waals surface area (Å²) < 4.78 is 5.25. The van der Waals surface area contributed by atoms with E-state index in [-0.39, 0.29) is 0 Å².